The molecule has 1 atom stereocenters. The van der Waals surface area contributed by atoms with Crippen LogP contribution in [0.1, 0.15) is 27.7 Å². The lowest BCUT2D eigenvalue weighted by atomic mass is 10.2. The normalized spacial score (nSPS) is 15.9. The SMILES string of the molecule is CC(Cl)C(=O)[Si](C)(C)C(C)(C)C. The fourth-order valence-corrected chi connectivity index (χ4v) is 3.42. The van der Waals surface area contributed by atoms with Gasteiger partial charge in [0.15, 0.2) is 0 Å². The maximum absolute atomic E-state index is 11.7. The number of carbonyl (C=O) groups is 1. The predicted octanol–water partition coefficient (Wildman–Crippen LogP) is 3.23. The molecule has 0 aliphatic heterocycles. The average molecular weight is 207 g/mol. The third kappa shape index (κ3) is 2.33. The van der Waals surface area contributed by atoms with E-state index in [0.717, 1.165) is 0 Å². The van der Waals surface area contributed by atoms with Gasteiger partial charge in [-0.15, -0.1) is 11.6 Å². The van der Waals surface area contributed by atoms with Crippen LogP contribution in [0, 0.1) is 0 Å². The molecule has 12 heavy (non-hydrogen) atoms. The van der Waals surface area contributed by atoms with Crippen LogP contribution in [0.15, 0.2) is 0 Å². The molecule has 0 fully saturated rings. The summed E-state index contributed by atoms with van der Waals surface area (Å²) in [6.45, 7) is 12.3. The van der Waals surface area contributed by atoms with E-state index in [4.69, 9.17) is 11.6 Å². The third-order valence-electron chi connectivity index (χ3n) is 2.85. The molecule has 72 valence electrons. The number of halogens is 1. The van der Waals surface area contributed by atoms with E-state index in [1.807, 2.05) is 0 Å². The van der Waals surface area contributed by atoms with Gasteiger partial charge >= 0.3 is 0 Å². The molecule has 0 aromatic carbocycles. The van der Waals surface area contributed by atoms with Gasteiger partial charge in [-0.05, 0) is 12.0 Å². The third-order valence-corrected chi connectivity index (χ3v) is 8.65. The van der Waals surface area contributed by atoms with Crippen molar-refractivity contribution >= 4 is 25.1 Å². The Bertz CT molecular complexity index is 179. The van der Waals surface area contributed by atoms with Crippen LogP contribution in [0.3, 0.4) is 0 Å². The summed E-state index contributed by atoms with van der Waals surface area (Å²) < 4.78 is 0. The van der Waals surface area contributed by atoms with Crippen LogP contribution in [0.25, 0.3) is 0 Å². The molecule has 0 aromatic rings. The molecular formula is C9H19ClOSi. The molecule has 0 aliphatic carbocycles. The van der Waals surface area contributed by atoms with Gasteiger partial charge in [0.2, 0.25) is 0 Å². The molecule has 0 saturated heterocycles. The standard InChI is InChI=1S/C9H19ClOSi/c1-7(10)8(11)12(5,6)9(2,3)4/h7H,1-6H3. The lowest BCUT2D eigenvalue weighted by Gasteiger charge is -2.35. The van der Waals surface area contributed by atoms with Gasteiger partial charge in [-0.3, -0.25) is 0 Å². The molecule has 0 aliphatic rings. The van der Waals surface area contributed by atoms with E-state index in [-0.39, 0.29) is 15.8 Å². The van der Waals surface area contributed by atoms with Crippen LogP contribution in [0.4, 0.5) is 0 Å². The average Bonchev–Trinajstić information content (AvgIpc) is 1.83. The monoisotopic (exact) mass is 206 g/mol. The van der Waals surface area contributed by atoms with Crippen LogP contribution in [-0.4, -0.2) is 18.9 Å². The summed E-state index contributed by atoms with van der Waals surface area (Å²) in [5.41, 5.74) is 0. The first-order chi connectivity index (χ1) is 5.10. The van der Waals surface area contributed by atoms with Crippen molar-refractivity contribution in [2.75, 3.05) is 0 Å². The molecule has 3 heteroatoms. The second-order valence-corrected chi connectivity index (χ2v) is 10.8. The fraction of sp³-hybridized carbons (Fsp3) is 0.889. The molecule has 0 spiro atoms. The zero-order valence-corrected chi connectivity index (χ0v) is 10.6. The van der Waals surface area contributed by atoms with Gasteiger partial charge < -0.3 is 4.79 Å². The van der Waals surface area contributed by atoms with E-state index in [2.05, 4.69) is 33.9 Å². The first-order valence-electron chi connectivity index (χ1n) is 4.29. The van der Waals surface area contributed by atoms with Crippen LogP contribution in [0.2, 0.25) is 18.1 Å². The van der Waals surface area contributed by atoms with Gasteiger partial charge in [0.05, 0.1) is 5.38 Å². The molecule has 1 unspecified atom stereocenters. The van der Waals surface area contributed by atoms with E-state index >= 15 is 0 Å². The molecular weight excluding hydrogens is 188 g/mol. The van der Waals surface area contributed by atoms with E-state index in [1.165, 1.54) is 0 Å². The number of carbonyl (C=O) groups excluding carboxylic acids is 1. The van der Waals surface area contributed by atoms with Crippen molar-refractivity contribution < 1.29 is 4.79 Å². The fourth-order valence-electron chi connectivity index (χ4n) is 0.867. The first kappa shape index (κ1) is 12.2. The lowest BCUT2D eigenvalue weighted by molar-refractivity contribution is -0.112. The maximum Gasteiger partial charge on any atom is 0.134 e. The molecule has 0 aromatic heterocycles. The summed E-state index contributed by atoms with van der Waals surface area (Å²) in [5.74, 6) is 0. The molecule has 0 bridgehead atoms. The Morgan fingerprint density at radius 1 is 1.33 bits per heavy atom. The van der Waals surface area contributed by atoms with Gasteiger partial charge in [0.25, 0.3) is 0 Å². The summed E-state index contributed by atoms with van der Waals surface area (Å²) in [6, 6.07) is 0. The summed E-state index contributed by atoms with van der Waals surface area (Å²) in [4.78, 5) is 11.7. The number of alkyl halides is 1. The van der Waals surface area contributed by atoms with Crippen LogP contribution in [-0.2, 0) is 4.79 Å². The van der Waals surface area contributed by atoms with Crippen molar-refractivity contribution in [2.45, 2.75) is 51.2 Å². The van der Waals surface area contributed by atoms with Crippen molar-refractivity contribution in [1.82, 2.24) is 0 Å². The number of hydrogen-bond acceptors (Lipinski definition) is 1. The zero-order valence-electron chi connectivity index (χ0n) is 8.86. The van der Waals surface area contributed by atoms with E-state index in [1.54, 1.807) is 6.92 Å². The van der Waals surface area contributed by atoms with Crippen molar-refractivity contribution in [2.24, 2.45) is 0 Å². The van der Waals surface area contributed by atoms with E-state index in [9.17, 15) is 4.79 Å². The van der Waals surface area contributed by atoms with E-state index in [0.29, 0.717) is 0 Å². The minimum Gasteiger partial charge on any atom is -0.304 e. The Morgan fingerprint density at radius 3 is 1.75 bits per heavy atom. The lowest BCUT2D eigenvalue weighted by Crippen LogP contribution is -2.49. The highest BCUT2D eigenvalue weighted by molar-refractivity contribution is 7.07. The minimum absolute atomic E-state index is 0.104. The second-order valence-electron chi connectivity index (χ2n) is 4.86. The number of hydrogen-bond donors (Lipinski definition) is 0. The Labute approximate surface area is 81.5 Å². The van der Waals surface area contributed by atoms with E-state index < -0.39 is 8.07 Å². The highest BCUT2D eigenvalue weighted by Gasteiger charge is 2.43. The van der Waals surface area contributed by atoms with Gasteiger partial charge in [0.1, 0.15) is 13.5 Å². The van der Waals surface area contributed by atoms with Crippen molar-refractivity contribution in [3.05, 3.63) is 0 Å². The highest BCUT2D eigenvalue weighted by atomic mass is 35.5. The molecule has 0 heterocycles. The Hall–Kier alpha value is 0.177. The zero-order chi connectivity index (χ0) is 10.2. The van der Waals surface area contributed by atoms with Crippen LogP contribution >= 0.6 is 11.6 Å². The van der Waals surface area contributed by atoms with Gasteiger partial charge in [-0.2, -0.15) is 0 Å². The van der Waals surface area contributed by atoms with Gasteiger partial charge in [-0.1, -0.05) is 33.9 Å². The summed E-state index contributed by atoms with van der Waals surface area (Å²) >= 11 is 5.80. The smallest absolute Gasteiger partial charge is 0.134 e. The molecule has 0 rings (SSSR count). The first-order valence-corrected chi connectivity index (χ1v) is 7.72. The Morgan fingerprint density at radius 2 is 1.67 bits per heavy atom. The van der Waals surface area contributed by atoms with Gasteiger partial charge in [-0.25, -0.2) is 0 Å². The second kappa shape index (κ2) is 3.50. The largest absolute Gasteiger partial charge is 0.304 e. The maximum atomic E-state index is 11.7. The van der Waals surface area contributed by atoms with Crippen molar-refractivity contribution in [1.29, 1.82) is 0 Å². The minimum atomic E-state index is -1.84. The molecule has 0 N–H and O–H groups in total. The summed E-state index contributed by atoms with van der Waals surface area (Å²) in [7, 11) is -1.84. The van der Waals surface area contributed by atoms with Gasteiger partial charge in [0, 0.05) is 0 Å². The number of rotatable bonds is 2. The molecule has 0 amide bonds. The predicted molar refractivity (Wildman–Crippen MR) is 57.5 cm³/mol. The molecule has 0 radical (unpaired) electrons. The summed E-state index contributed by atoms with van der Waals surface area (Å²) in [5, 5.41) is 0.0373. The molecule has 1 nitrogen and oxygen atoms in total. The van der Waals surface area contributed by atoms with Crippen molar-refractivity contribution in [3.63, 3.8) is 0 Å². The van der Waals surface area contributed by atoms with Crippen LogP contribution in [0.5, 0.6) is 0 Å². The van der Waals surface area contributed by atoms with Crippen molar-refractivity contribution in [3.8, 4) is 0 Å². The summed E-state index contributed by atoms with van der Waals surface area (Å²) in [6.07, 6.45) is 0. The Kier molecular flexibility index (Phi) is 3.56. The topological polar surface area (TPSA) is 17.1 Å². The quantitative estimate of drug-likeness (QED) is 0.501. The van der Waals surface area contributed by atoms with Crippen LogP contribution < -0.4 is 0 Å². The Balaban J connectivity index is 4.74. The highest BCUT2D eigenvalue weighted by Crippen LogP contribution is 2.37. The molecule has 0 saturated carbocycles.